The molecule has 18 heavy (non-hydrogen) atoms. The first-order chi connectivity index (χ1) is 8.53. The molecule has 0 unspecified atom stereocenters. The van der Waals surface area contributed by atoms with Crippen LogP contribution in [0.2, 0.25) is 0 Å². The number of terminal acetylenes is 1. The number of amides is 2. The van der Waals surface area contributed by atoms with Gasteiger partial charge in [0.15, 0.2) is 0 Å². The van der Waals surface area contributed by atoms with Crippen LogP contribution in [0.3, 0.4) is 0 Å². The number of urea groups is 1. The first-order valence-electron chi connectivity index (χ1n) is 5.76. The van der Waals surface area contributed by atoms with E-state index < -0.39 is 12.0 Å². The summed E-state index contributed by atoms with van der Waals surface area (Å²) in [6.07, 6.45) is 10.5. The van der Waals surface area contributed by atoms with E-state index in [9.17, 15) is 9.59 Å². The Morgan fingerprint density at radius 1 is 1.56 bits per heavy atom. The predicted octanol–water partition coefficient (Wildman–Crippen LogP) is 1.00. The minimum Gasteiger partial charge on any atom is -0.480 e. The third kappa shape index (κ3) is 3.84. The van der Waals surface area contributed by atoms with E-state index in [4.69, 9.17) is 11.5 Å². The molecule has 1 aliphatic carbocycles. The summed E-state index contributed by atoms with van der Waals surface area (Å²) in [6.45, 7) is 0.195. The molecule has 5 nitrogen and oxygen atoms in total. The van der Waals surface area contributed by atoms with Gasteiger partial charge >= 0.3 is 12.0 Å². The first-order valence-corrected chi connectivity index (χ1v) is 6.99. The molecule has 2 N–H and O–H groups in total. The number of hydrogen-bond donors (Lipinski definition) is 2. The number of carbonyl (C=O) groups is 2. The van der Waals surface area contributed by atoms with Crippen LogP contribution in [-0.2, 0) is 4.79 Å². The zero-order valence-corrected chi connectivity index (χ0v) is 11.3. The highest BCUT2D eigenvalue weighted by molar-refractivity contribution is 8.00. The van der Waals surface area contributed by atoms with Crippen molar-refractivity contribution in [1.29, 1.82) is 0 Å². The van der Waals surface area contributed by atoms with Crippen LogP contribution in [0.15, 0.2) is 0 Å². The Morgan fingerprint density at radius 3 is 2.61 bits per heavy atom. The van der Waals surface area contributed by atoms with Crippen molar-refractivity contribution in [2.75, 3.05) is 25.9 Å². The molecule has 1 saturated carbocycles. The van der Waals surface area contributed by atoms with E-state index in [0.29, 0.717) is 6.54 Å². The molecule has 0 radical (unpaired) electrons. The molecule has 0 saturated heterocycles. The number of carboxylic acids is 1. The zero-order chi connectivity index (χ0) is 13.6. The molecule has 0 aromatic carbocycles. The van der Waals surface area contributed by atoms with Crippen molar-refractivity contribution in [3.05, 3.63) is 0 Å². The van der Waals surface area contributed by atoms with Crippen molar-refractivity contribution in [3.63, 3.8) is 0 Å². The molecular weight excluding hydrogens is 252 g/mol. The topological polar surface area (TPSA) is 69.6 Å². The molecule has 0 aromatic heterocycles. The molecule has 0 atom stereocenters. The normalized spacial score (nSPS) is 16.2. The number of hydrogen-bond acceptors (Lipinski definition) is 3. The second-order valence-electron chi connectivity index (χ2n) is 4.35. The van der Waals surface area contributed by atoms with Crippen molar-refractivity contribution >= 4 is 23.8 Å². The maximum atomic E-state index is 11.8. The van der Waals surface area contributed by atoms with Crippen molar-refractivity contribution in [2.45, 2.75) is 24.0 Å². The van der Waals surface area contributed by atoms with Crippen LogP contribution < -0.4 is 5.32 Å². The monoisotopic (exact) mass is 270 g/mol. The first kappa shape index (κ1) is 14.7. The predicted molar refractivity (Wildman–Crippen MR) is 71.5 cm³/mol. The van der Waals surface area contributed by atoms with Gasteiger partial charge in [-0.05, 0) is 19.1 Å². The molecule has 1 fully saturated rings. The third-order valence-corrected chi connectivity index (χ3v) is 4.57. The standard InChI is InChI=1S/C12H18N2O3S/c1-3-7-14(8-10(15)16)11(17)13-9-12(18-2)5-4-6-12/h1H,4-9H2,2H3,(H,13,17)(H,15,16). The highest BCUT2D eigenvalue weighted by Crippen LogP contribution is 2.42. The summed E-state index contributed by atoms with van der Waals surface area (Å²) in [4.78, 5) is 23.6. The van der Waals surface area contributed by atoms with E-state index in [2.05, 4.69) is 11.2 Å². The second-order valence-corrected chi connectivity index (χ2v) is 5.63. The van der Waals surface area contributed by atoms with E-state index in [1.165, 1.54) is 6.42 Å². The summed E-state index contributed by atoms with van der Waals surface area (Å²) >= 11 is 1.75. The SMILES string of the molecule is C#CCN(CC(=O)O)C(=O)NCC1(SC)CCC1. The molecule has 1 aliphatic rings. The van der Waals surface area contributed by atoms with Crippen LogP contribution in [0.4, 0.5) is 4.79 Å². The van der Waals surface area contributed by atoms with Gasteiger partial charge in [0.1, 0.15) is 6.54 Å². The smallest absolute Gasteiger partial charge is 0.323 e. The molecule has 0 aliphatic heterocycles. The minimum absolute atomic E-state index is 0.00437. The number of carboxylic acid groups (broad SMARTS) is 1. The molecular formula is C12H18N2O3S. The Morgan fingerprint density at radius 2 is 2.22 bits per heavy atom. The average molecular weight is 270 g/mol. The summed E-state index contributed by atoms with van der Waals surface area (Å²) in [7, 11) is 0. The molecule has 1 rings (SSSR count). The minimum atomic E-state index is -1.07. The average Bonchev–Trinajstić information content (AvgIpc) is 2.27. The highest BCUT2D eigenvalue weighted by atomic mass is 32.2. The summed E-state index contributed by atoms with van der Waals surface area (Å²) in [5.74, 6) is 1.22. The van der Waals surface area contributed by atoms with Crippen molar-refractivity contribution < 1.29 is 14.7 Å². The van der Waals surface area contributed by atoms with E-state index >= 15 is 0 Å². The van der Waals surface area contributed by atoms with E-state index in [-0.39, 0.29) is 17.8 Å². The number of nitrogens with zero attached hydrogens (tertiary/aromatic N) is 1. The number of aliphatic carboxylic acids is 1. The van der Waals surface area contributed by atoms with E-state index in [1.807, 2.05) is 6.26 Å². The highest BCUT2D eigenvalue weighted by Gasteiger charge is 2.36. The Hall–Kier alpha value is -1.35. The lowest BCUT2D eigenvalue weighted by molar-refractivity contribution is -0.137. The molecule has 2 amide bonds. The molecule has 0 heterocycles. The summed E-state index contributed by atoms with van der Waals surface area (Å²) in [5, 5.41) is 11.5. The van der Waals surface area contributed by atoms with Gasteiger partial charge in [0.25, 0.3) is 0 Å². The Bertz CT molecular complexity index is 355. The van der Waals surface area contributed by atoms with Crippen molar-refractivity contribution in [2.24, 2.45) is 0 Å². The number of nitrogens with one attached hydrogen (secondary N) is 1. The third-order valence-electron chi connectivity index (χ3n) is 3.16. The molecule has 0 aromatic rings. The van der Waals surface area contributed by atoms with Gasteiger partial charge in [-0.25, -0.2) is 4.79 Å². The fraction of sp³-hybridized carbons (Fsp3) is 0.667. The van der Waals surface area contributed by atoms with Crippen LogP contribution in [0.1, 0.15) is 19.3 Å². The number of rotatable bonds is 6. The van der Waals surface area contributed by atoms with Crippen LogP contribution in [0.25, 0.3) is 0 Å². The quantitative estimate of drug-likeness (QED) is 0.707. The Balaban J connectivity index is 2.46. The molecule has 100 valence electrons. The lowest BCUT2D eigenvalue weighted by Crippen LogP contribution is -2.50. The van der Waals surface area contributed by atoms with Crippen LogP contribution >= 0.6 is 11.8 Å². The Kier molecular flexibility index (Phi) is 5.35. The summed E-state index contributed by atoms with van der Waals surface area (Å²) < 4.78 is 0.126. The second kappa shape index (κ2) is 6.55. The fourth-order valence-corrected chi connectivity index (χ4v) is 2.76. The number of thioether (sulfide) groups is 1. The van der Waals surface area contributed by atoms with Crippen molar-refractivity contribution in [1.82, 2.24) is 10.2 Å². The molecule has 0 bridgehead atoms. The van der Waals surface area contributed by atoms with E-state index in [0.717, 1.165) is 17.7 Å². The van der Waals surface area contributed by atoms with Gasteiger partial charge in [0.2, 0.25) is 0 Å². The van der Waals surface area contributed by atoms with Gasteiger partial charge in [-0.1, -0.05) is 12.3 Å². The van der Waals surface area contributed by atoms with Gasteiger partial charge in [-0.15, -0.1) is 6.42 Å². The van der Waals surface area contributed by atoms with Gasteiger partial charge in [0.05, 0.1) is 6.54 Å². The van der Waals surface area contributed by atoms with Gasteiger partial charge < -0.3 is 15.3 Å². The zero-order valence-electron chi connectivity index (χ0n) is 10.4. The Labute approximate surface area is 111 Å². The van der Waals surface area contributed by atoms with Crippen LogP contribution in [-0.4, -0.2) is 52.6 Å². The molecule has 0 spiro atoms. The maximum Gasteiger partial charge on any atom is 0.323 e. The number of carbonyl (C=O) groups excluding carboxylic acids is 1. The van der Waals surface area contributed by atoms with Crippen LogP contribution in [0.5, 0.6) is 0 Å². The van der Waals surface area contributed by atoms with Gasteiger partial charge in [-0.2, -0.15) is 11.8 Å². The van der Waals surface area contributed by atoms with Gasteiger partial charge in [-0.3, -0.25) is 4.79 Å². The lowest BCUT2D eigenvalue weighted by Gasteiger charge is -2.40. The summed E-state index contributed by atoms with van der Waals surface area (Å²) in [5.41, 5.74) is 0. The largest absolute Gasteiger partial charge is 0.480 e. The van der Waals surface area contributed by atoms with Crippen LogP contribution in [0, 0.1) is 12.3 Å². The fourth-order valence-electron chi connectivity index (χ4n) is 1.85. The van der Waals surface area contributed by atoms with E-state index in [1.54, 1.807) is 11.8 Å². The summed E-state index contributed by atoms with van der Waals surface area (Å²) in [6, 6.07) is -0.407. The van der Waals surface area contributed by atoms with Gasteiger partial charge in [0, 0.05) is 11.3 Å². The maximum absolute atomic E-state index is 11.8. The van der Waals surface area contributed by atoms with Crippen molar-refractivity contribution in [3.8, 4) is 12.3 Å². The molecule has 6 heteroatoms. The lowest BCUT2D eigenvalue weighted by atomic mass is 9.84.